The number of hydrogen-bond donors (Lipinski definition) is 2. The Kier molecular flexibility index (Phi) is 5.89. The Morgan fingerprint density at radius 3 is 2.81 bits per heavy atom. The maximum atomic E-state index is 11.0. The van der Waals surface area contributed by atoms with Crippen LogP contribution in [0.5, 0.6) is 5.75 Å². The minimum Gasteiger partial charge on any atom is -0.484 e. The zero-order chi connectivity index (χ0) is 22.7. The highest BCUT2D eigenvalue weighted by Crippen LogP contribution is 2.47. The quantitative estimate of drug-likeness (QED) is 0.537. The first-order valence-corrected chi connectivity index (χ1v) is 10.4. The first kappa shape index (κ1) is 21.1. The van der Waals surface area contributed by atoms with Crippen molar-refractivity contribution in [1.82, 2.24) is 9.97 Å². The molecule has 0 aliphatic carbocycles. The standard InChI is InChI=1S/C25H25N5O2/c1-4-5-6-10-20-16(2)27-24(17-8-7-9-19(13-17)32-15-23(26)31)29-25(20)28-18-11-12-21-22(14-18)30(21)3/h5-14H,2,4,15H2,1,3H3,(H2,26,31)(H,27,28,29)/b6-5-,20-10+. The first-order valence-electron chi connectivity index (χ1n) is 10.4. The van der Waals surface area contributed by atoms with E-state index in [4.69, 9.17) is 15.5 Å². The Morgan fingerprint density at radius 1 is 1.22 bits per heavy atom. The summed E-state index contributed by atoms with van der Waals surface area (Å²) < 4.78 is 5.42. The fourth-order valence-electron chi connectivity index (χ4n) is 3.32. The molecular weight excluding hydrogens is 402 g/mol. The topological polar surface area (TPSA) is 93.1 Å². The molecule has 0 radical (unpaired) electrons. The minimum atomic E-state index is -0.536. The summed E-state index contributed by atoms with van der Waals surface area (Å²) in [5.41, 5.74) is 9.27. The zero-order valence-electron chi connectivity index (χ0n) is 18.1. The highest BCUT2D eigenvalue weighted by molar-refractivity contribution is 5.94. The van der Waals surface area contributed by atoms with Gasteiger partial charge in [-0.25, -0.2) is 9.97 Å². The van der Waals surface area contributed by atoms with Crippen LogP contribution in [0.1, 0.15) is 13.3 Å². The van der Waals surface area contributed by atoms with E-state index in [1.807, 2.05) is 37.4 Å². The van der Waals surface area contributed by atoms with Crippen molar-refractivity contribution in [2.45, 2.75) is 13.3 Å². The molecule has 2 heterocycles. The predicted molar refractivity (Wildman–Crippen MR) is 129 cm³/mol. The Balaban J connectivity index is 1.74. The molecule has 3 N–H and O–H groups in total. The average Bonchev–Trinajstić information content (AvgIpc) is 3.43. The first-order chi connectivity index (χ1) is 15.5. The number of carbonyl (C=O) groups is 1. The Hall–Kier alpha value is -4.13. The lowest BCUT2D eigenvalue weighted by Gasteiger charge is -2.10. The van der Waals surface area contributed by atoms with Crippen molar-refractivity contribution in [1.29, 1.82) is 0 Å². The number of fused-ring (bicyclic) bond motifs is 1. The lowest BCUT2D eigenvalue weighted by atomic mass is 10.2. The van der Waals surface area contributed by atoms with Crippen LogP contribution in [0.15, 0.2) is 54.6 Å². The number of aromatic nitrogens is 2. The molecule has 0 bridgehead atoms. The van der Waals surface area contributed by atoms with Crippen LogP contribution < -0.4 is 31.3 Å². The van der Waals surface area contributed by atoms with Gasteiger partial charge in [0.15, 0.2) is 12.4 Å². The van der Waals surface area contributed by atoms with Crippen molar-refractivity contribution in [2.75, 3.05) is 23.9 Å². The highest BCUT2D eigenvalue weighted by atomic mass is 16.5. The predicted octanol–water partition coefficient (Wildman–Crippen LogP) is 2.99. The second-order valence-electron chi connectivity index (χ2n) is 7.43. The molecule has 1 aliphatic rings. The average molecular weight is 428 g/mol. The summed E-state index contributed by atoms with van der Waals surface area (Å²) >= 11 is 0. The molecule has 4 rings (SSSR count). The van der Waals surface area contributed by atoms with E-state index in [0.29, 0.717) is 22.7 Å². The van der Waals surface area contributed by atoms with Gasteiger partial charge in [-0.1, -0.05) is 37.8 Å². The molecule has 0 unspecified atom stereocenters. The van der Waals surface area contributed by atoms with E-state index in [9.17, 15) is 4.79 Å². The molecule has 0 fully saturated rings. The third-order valence-corrected chi connectivity index (χ3v) is 5.04. The van der Waals surface area contributed by atoms with Gasteiger partial charge < -0.3 is 20.7 Å². The summed E-state index contributed by atoms with van der Waals surface area (Å²) in [7, 11) is 2.04. The lowest BCUT2D eigenvalue weighted by Crippen LogP contribution is -2.31. The van der Waals surface area contributed by atoms with Crippen LogP contribution in [0.25, 0.3) is 24.0 Å². The van der Waals surface area contributed by atoms with Crippen LogP contribution in [-0.2, 0) is 4.79 Å². The van der Waals surface area contributed by atoms with Gasteiger partial charge in [-0.15, -0.1) is 0 Å². The maximum Gasteiger partial charge on any atom is 0.255 e. The number of ether oxygens (including phenoxy) is 1. The number of nitrogens with one attached hydrogen (secondary N) is 1. The maximum absolute atomic E-state index is 11.0. The van der Waals surface area contributed by atoms with E-state index >= 15 is 0 Å². The second-order valence-corrected chi connectivity index (χ2v) is 7.43. The van der Waals surface area contributed by atoms with Crippen molar-refractivity contribution in [3.05, 3.63) is 65.2 Å². The second kappa shape index (κ2) is 8.93. The van der Waals surface area contributed by atoms with Crippen molar-refractivity contribution >= 4 is 41.4 Å². The van der Waals surface area contributed by atoms with E-state index in [1.54, 1.807) is 12.1 Å². The van der Waals surface area contributed by atoms with E-state index in [0.717, 1.165) is 22.9 Å². The zero-order valence-corrected chi connectivity index (χ0v) is 18.1. The summed E-state index contributed by atoms with van der Waals surface area (Å²) in [4.78, 5) is 22.6. The molecule has 2 aromatic carbocycles. The smallest absolute Gasteiger partial charge is 0.255 e. The number of rotatable bonds is 8. The van der Waals surface area contributed by atoms with Gasteiger partial charge in [-0.3, -0.25) is 4.79 Å². The molecule has 7 heteroatoms. The third kappa shape index (κ3) is 4.62. The molecule has 3 aromatic rings. The Morgan fingerprint density at radius 2 is 2.06 bits per heavy atom. The molecule has 7 nitrogen and oxygen atoms in total. The molecule has 0 saturated carbocycles. The van der Waals surface area contributed by atoms with Gasteiger partial charge in [0.2, 0.25) is 0 Å². The normalized spacial score (nSPS) is 12.7. The van der Waals surface area contributed by atoms with Crippen LogP contribution in [0.3, 0.4) is 0 Å². The van der Waals surface area contributed by atoms with Crippen LogP contribution in [0.4, 0.5) is 22.9 Å². The van der Waals surface area contributed by atoms with Gasteiger partial charge in [-0.2, -0.15) is 0 Å². The number of nitrogens with zero attached hydrogens (tertiary/aromatic N) is 3. The lowest BCUT2D eigenvalue weighted by molar-refractivity contribution is -0.119. The monoisotopic (exact) mass is 427 g/mol. The minimum absolute atomic E-state index is 0.192. The summed E-state index contributed by atoms with van der Waals surface area (Å²) in [5.74, 6) is 1.14. The van der Waals surface area contributed by atoms with Gasteiger partial charge in [0.05, 0.1) is 16.7 Å². The number of allylic oxidation sites excluding steroid dienone is 2. The number of amides is 1. The Labute approximate surface area is 186 Å². The van der Waals surface area contributed by atoms with Crippen LogP contribution in [-0.4, -0.2) is 29.5 Å². The number of anilines is 4. The number of benzene rings is 2. The van der Waals surface area contributed by atoms with Crippen LogP contribution >= 0.6 is 0 Å². The van der Waals surface area contributed by atoms with E-state index < -0.39 is 5.91 Å². The fraction of sp³-hybridized carbons (Fsp3) is 0.160. The fourth-order valence-corrected chi connectivity index (χ4v) is 3.32. The summed E-state index contributed by atoms with van der Waals surface area (Å²) in [6.07, 6.45) is 6.94. The van der Waals surface area contributed by atoms with Crippen molar-refractivity contribution in [3.63, 3.8) is 0 Å². The summed E-state index contributed by atoms with van der Waals surface area (Å²) in [5, 5.41) is 4.84. The summed E-state index contributed by atoms with van der Waals surface area (Å²) in [6.45, 7) is 6.04. The van der Waals surface area contributed by atoms with E-state index in [1.165, 1.54) is 11.4 Å². The molecule has 0 atom stereocenters. The Bertz CT molecular complexity index is 1320. The van der Waals surface area contributed by atoms with Gasteiger partial charge in [0.25, 0.3) is 5.91 Å². The number of primary amides is 1. The molecule has 32 heavy (non-hydrogen) atoms. The molecular formula is C25H25N5O2. The van der Waals surface area contributed by atoms with Crippen molar-refractivity contribution in [2.24, 2.45) is 5.73 Å². The van der Waals surface area contributed by atoms with Crippen molar-refractivity contribution in [3.8, 4) is 17.1 Å². The molecule has 1 amide bonds. The van der Waals surface area contributed by atoms with Crippen molar-refractivity contribution < 1.29 is 9.53 Å². The molecule has 162 valence electrons. The van der Waals surface area contributed by atoms with Gasteiger partial charge in [-0.05, 0) is 42.8 Å². The molecule has 0 spiro atoms. The van der Waals surface area contributed by atoms with Gasteiger partial charge in [0.1, 0.15) is 11.6 Å². The van der Waals surface area contributed by atoms with Crippen LogP contribution in [0.2, 0.25) is 0 Å². The SMILES string of the molecule is C=c1nc(-c2cccc(OCC(N)=O)c2)nc(Nc2ccc3c(c2)N3C)/c1=C/C=C\CC. The van der Waals surface area contributed by atoms with Crippen LogP contribution in [0, 0.1) is 0 Å². The molecule has 1 aromatic heterocycles. The molecule has 1 aliphatic heterocycles. The van der Waals surface area contributed by atoms with E-state index in [2.05, 4.69) is 46.9 Å². The third-order valence-electron chi connectivity index (χ3n) is 5.04. The summed E-state index contributed by atoms with van der Waals surface area (Å²) in [6, 6.07) is 13.4. The number of nitrogens with two attached hydrogens (primary N) is 1. The van der Waals surface area contributed by atoms with E-state index in [-0.39, 0.29) is 6.61 Å². The van der Waals surface area contributed by atoms with Gasteiger partial charge in [0, 0.05) is 23.5 Å². The molecule has 0 saturated heterocycles. The number of hydrogen-bond acceptors (Lipinski definition) is 6. The largest absolute Gasteiger partial charge is 0.484 e. The van der Waals surface area contributed by atoms with Gasteiger partial charge >= 0.3 is 0 Å². The number of carbonyl (C=O) groups excluding carboxylic acids is 1. The highest BCUT2D eigenvalue weighted by Gasteiger charge is 2.24.